The lowest BCUT2D eigenvalue weighted by Gasteiger charge is -2.26. The lowest BCUT2D eigenvalue weighted by Crippen LogP contribution is -2.09. The van der Waals surface area contributed by atoms with Crippen LogP contribution in [0.4, 0.5) is 17.1 Å². The van der Waals surface area contributed by atoms with Crippen LogP contribution in [0.25, 0.3) is 91.8 Å². The first kappa shape index (κ1) is 35.2. The number of hydrogen-bond acceptors (Lipinski definition) is 2. The predicted octanol–water partition coefficient (Wildman–Crippen LogP) is 16.8. The number of benzene rings is 10. The van der Waals surface area contributed by atoms with Crippen LogP contribution in [-0.4, -0.2) is 4.57 Å². The van der Waals surface area contributed by atoms with Gasteiger partial charge in [0.25, 0.3) is 0 Å². The maximum Gasteiger partial charge on any atom is 0.0541 e. The van der Waals surface area contributed by atoms with E-state index >= 15 is 0 Å². The summed E-state index contributed by atoms with van der Waals surface area (Å²) in [5, 5.41) is 7.79. The van der Waals surface area contributed by atoms with Crippen molar-refractivity contribution in [1.82, 2.24) is 4.57 Å². The number of nitrogens with zero attached hydrogens (tertiary/aromatic N) is 2. The van der Waals surface area contributed by atoms with Crippen LogP contribution < -0.4 is 4.90 Å². The second-order valence-corrected chi connectivity index (χ2v) is 16.8. The predicted molar refractivity (Wildman–Crippen MR) is 262 cm³/mol. The molecule has 0 radical (unpaired) electrons. The number of thiophene rings is 1. The zero-order valence-electron chi connectivity index (χ0n) is 33.2. The summed E-state index contributed by atoms with van der Waals surface area (Å²) in [5.74, 6) is 0. The number of aromatic nitrogens is 1. The maximum atomic E-state index is 2.37. The van der Waals surface area contributed by atoms with Crippen molar-refractivity contribution in [1.29, 1.82) is 0 Å². The van der Waals surface area contributed by atoms with Crippen molar-refractivity contribution in [3.63, 3.8) is 0 Å². The molecule has 2 heterocycles. The summed E-state index contributed by atoms with van der Waals surface area (Å²) >= 11 is 1.87. The first-order chi connectivity index (χ1) is 30.2. The van der Waals surface area contributed by atoms with E-state index in [4.69, 9.17) is 0 Å². The van der Waals surface area contributed by atoms with Crippen molar-refractivity contribution in [2.45, 2.75) is 0 Å². The Morgan fingerprint density at radius 3 is 1.41 bits per heavy atom. The van der Waals surface area contributed by atoms with Gasteiger partial charge in [-0.2, -0.15) is 0 Å². The Bertz CT molecular complexity index is 3490. The normalized spacial score (nSPS) is 11.6. The Morgan fingerprint density at radius 1 is 0.311 bits per heavy atom. The molecule has 2 aromatic heterocycles. The summed E-state index contributed by atoms with van der Waals surface area (Å²) in [5.41, 5.74) is 14.1. The minimum atomic E-state index is 1.10. The fraction of sp³-hybridized carbons (Fsp3) is 0. The third kappa shape index (κ3) is 6.01. The summed E-state index contributed by atoms with van der Waals surface area (Å²) in [6.45, 7) is 0. The van der Waals surface area contributed by atoms with Crippen molar-refractivity contribution in [3.05, 3.63) is 231 Å². The van der Waals surface area contributed by atoms with Gasteiger partial charge in [-0.05, 0) is 117 Å². The summed E-state index contributed by atoms with van der Waals surface area (Å²) < 4.78 is 5.02. The van der Waals surface area contributed by atoms with E-state index in [1.165, 1.54) is 86.1 Å². The summed E-state index contributed by atoms with van der Waals surface area (Å²) in [6.07, 6.45) is 0. The zero-order valence-corrected chi connectivity index (χ0v) is 34.1. The van der Waals surface area contributed by atoms with Crippen LogP contribution in [0.1, 0.15) is 0 Å². The molecule has 0 unspecified atom stereocenters. The van der Waals surface area contributed by atoms with Gasteiger partial charge in [0, 0.05) is 53.7 Å². The lowest BCUT2D eigenvalue weighted by molar-refractivity contribution is 1.18. The van der Waals surface area contributed by atoms with Crippen LogP contribution >= 0.6 is 11.3 Å². The fourth-order valence-corrected chi connectivity index (χ4v) is 10.4. The van der Waals surface area contributed by atoms with Gasteiger partial charge < -0.3 is 9.47 Å². The Hall–Kier alpha value is -7.72. The average molecular weight is 795 g/mol. The molecule has 3 heteroatoms. The van der Waals surface area contributed by atoms with Crippen LogP contribution in [0.2, 0.25) is 0 Å². The second-order valence-electron chi connectivity index (χ2n) is 15.7. The number of rotatable bonds is 7. The minimum absolute atomic E-state index is 1.10. The van der Waals surface area contributed by atoms with E-state index in [1.54, 1.807) is 0 Å². The molecular weight excluding hydrogens is 757 g/mol. The van der Waals surface area contributed by atoms with Gasteiger partial charge in [0.15, 0.2) is 0 Å². The van der Waals surface area contributed by atoms with Gasteiger partial charge in [0.1, 0.15) is 0 Å². The summed E-state index contributed by atoms with van der Waals surface area (Å²) in [7, 11) is 0. The largest absolute Gasteiger partial charge is 0.311 e. The Kier molecular flexibility index (Phi) is 8.39. The van der Waals surface area contributed by atoms with E-state index in [2.05, 4.69) is 240 Å². The van der Waals surface area contributed by atoms with E-state index in [0.717, 1.165) is 22.7 Å². The molecular formula is C58H38N2S. The summed E-state index contributed by atoms with van der Waals surface area (Å²) in [4.78, 5) is 2.36. The molecule has 12 aromatic rings. The van der Waals surface area contributed by atoms with Gasteiger partial charge in [-0.15, -0.1) is 11.3 Å². The third-order valence-corrected chi connectivity index (χ3v) is 13.4. The molecule has 0 aliphatic carbocycles. The van der Waals surface area contributed by atoms with Crippen LogP contribution in [0.3, 0.4) is 0 Å². The number of para-hydroxylation sites is 2. The fourth-order valence-electron chi connectivity index (χ4n) is 9.31. The van der Waals surface area contributed by atoms with Crippen LogP contribution in [0.5, 0.6) is 0 Å². The highest BCUT2D eigenvalue weighted by atomic mass is 32.1. The number of fused-ring (bicyclic) bond motifs is 8. The van der Waals surface area contributed by atoms with Crippen LogP contribution in [-0.2, 0) is 0 Å². The van der Waals surface area contributed by atoms with Crippen molar-refractivity contribution in [3.8, 4) is 39.1 Å². The minimum Gasteiger partial charge on any atom is -0.311 e. The molecule has 0 bridgehead atoms. The molecule has 61 heavy (non-hydrogen) atoms. The topological polar surface area (TPSA) is 8.17 Å². The van der Waals surface area contributed by atoms with Gasteiger partial charge in [0.05, 0.1) is 11.0 Å². The van der Waals surface area contributed by atoms with Gasteiger partial charge in [-0.3, -0.25) is 0 Å². The number of anilines is 3. The lowest BCUT2D eigenvalue weighted by atomic mass is 9.94. The Morgan fingerprint density at radius 2 is 0.803 bits per heavy atom. The SMILES string of the molecule is c1ccc(-c2ccc(N(c3ccc(-c4ccc(-n5c6ccccc6c6ccccc65)cc4)cc3)c3ccc(-c4cccc5ccc6sc7ccccc7c6c45)cc3)cc2)cc1. The van der Waals surface area contributed by atoms with E-state index in [9.17, 15) is 0 Å². The molecule has 2 nitrogen and oxygen atoms in total. The van der Waals surface area contributed by atoms with Crippen LogP contribution in [0.15, 0.2) is 231 Å². The first-order valence-electron chi connectivity index (χ1n) is 20.8. The quantitative estimate of drug-likeness (QED) is 0.156. The van der Waals surface area contributed by atoms with E-state index < -0.39 is 0 Å². The van der Waals surface area contributed by atoms with Gasteiger partial charge >= 0.3 is 0 Å². The van der Waals surface area contributed by atoms with E-state index in [-0.39, 0.29) is 0 Å². The third-order valence-electron chi connectivity index (χ3n) is 12.2. The smallest absolute Gasteiger partial charge is 0.0541 e. The average Bonchev–Trinajstić information content (AvgIpc) is 3.89. The van der Waals surface area contributed by atoms with E-state index in [1.807, 2.05) is 11.3 Å². The standard InChI is InChI=1S/C58H38N2S/c1-2-11-39(12-3-1)40-21-30-45(31-22-40)59(47-36-27-43(28-37-47)49-17-10-13-44-29-38-56-58(57(44)49)52-16-6-9-20-55(52)61-56)46-32-23-41(24-33-46)42-25-34-48(35-26-42)60-53-18-7-4-14-50(53)51-15-5-8-19-54(51)60/h1-38H. The van der Waals surface area contributed by atoms with Crippen molar-refractivity contribution in [2.24, 2.45) is 0 Å². The van der Waals surface area contributed by atoms with E-state index in [0.29, 0.717) is 0 Å². The molecule has 0 saturated carbocycles. The van der Waals surface area contributed by atoms with Crippen molar-refractivity contribution < 1.29 is 0 Å². The molecule has 0 saturated heterocycles. The monoisotopic (exact) mass is 794 g/mol. The molecule has 0 aliphatic rings. The first-order valence-corrected chi connectivity index (χ1v) is 21.6. The Balaban J connectivity index is 0.917. The van der Waals surface area contributed by atoms with Crippen molar-refractivity contribution in [2.75, 3.05) is 4.90 Å². The highest BCUT2D eigenvalue weighted by molar-refractivity contribution is 7.26. The van der Waals surface area contributed by atoms with Gasteiger partial charge in [0.2, 0.25) is 0 Å². The second kappa shape index (κ2) is 14.5. The molecule has 0 N–H and O–H groups in total. The van der Waals surface area contributed by atoms with Crippen molar-refractivity contribution >= 4 is 81.1 Å². The molecule has 12 rings (SSSR count). The van der Waals surface area contributed by atoms with Gasteiger partial charge in [-0.1, -0.05) is 158 Å². The molecule has 0 fully saturated rings. The highest BCUT2D eigenvalue weighted by Gasteiger charge is 2.17. The zero-order chi connectivity index (χ0) is 40.3. The molecule has 0 amide bonds. The molecule has 10 aromatic carbocycles. The maximum absolute atomic E-state index is 2.37. The summed E-state index contributed by atoms with van der Waals surface area (Å²) in [6, 6.07) is 84.0. The molecule has 0 aliphatic heterocycles. The number of hydrogen-bond donors (Lipinski definition) is 0. The molecule has 0 spiro atoms. The molecule has 286 valence electrons. The highest BCUT2D eigenvalue weighted by Crippen LogP contribution is 2.44. The molecule has 0 atom stereocenters. The Labute approximate surface area is 358 Å². The van der Waals surface area contributed by atoms with Gasteiger partial charge in [-0.25, -0.2) is 0 Å². The van der Waals surface area contributed by atoms with Crippen LogP contribution in [0, 0.1) is 0 Å².